The number of hydrogen-bond donors (Lipinski definition) is 2. The van der Waals surface area contributed by atoms with Gasteiger partial charge in [0.2, 0.25) is 5.43 Å². The molecule has 0 spiro atoms. The molecule has 0 saturated carbocycles. The summed E-state index contributed by atoms with van der Waals surface area (Å²) in [6.07, 6.45) is 2.41. The number of carbonyl (C=O) groups excluding carboxylic acids is 1. The van der Waals surface area contributed by atoms with Crippen molar-refractivity contribution in [2.75, 3.05) is 13.7 Å². The van der Waals surface area contributed by atoms with Crippen LogP contribution in [0.25, 0.3) is 10.9 Å². The van der Waals surface area contributed by atoms with Crippen molar-refractivity contribution in [1.29, 1.82) is 0 Å². The molecule has 2 aromatic carbocycles. The van der Waals surface area contributed by atoms with E-state index in [1.54, 1.807) is 25.3 Å². The third-order valence-corrected chi connectivity index (χ3v) is 4.67. The van der Waals surface area contributed by atoms with Crippen molar-refractivity contribution in [2.45, 2.75) is 26.8 Å². The lowest BCUT2D eigenvalue weighted by Gasteiger charge is -2.13. The topological polar surface area (TPSA) is 80.4 Å². The Balaban J connectivity index is 1.68. The van der Waals surface area contributed by atoms with Gasteiger partial charge in [-0.1, -0.05) is 32.0 Å². The average Bonchev–Trinajstić information content (AvgIpc) is 2.72. The maximum atomic E-state index is 12.6. The summed E-state index contributed by atoms with van der Waals surface area (Å²) in [7, 11) is 1.58. The maximum Gasteiger partial charge on any atom is 0.257 e. The van der Waals surface area contributed by atoms with Crippen LogP contribution in [-0.4, -0.2) is 24.6 Å². The van der Waals surface area contributed by atoms with Crippen molar-refractivity contribution in [1.82, 2.24) is 10.3 Å². The lowest BCUT2D eigenvalue weighted by molar-refractivity contribution is 0.0949. The summed E-state index contributed by atoms with van der Waals surface area (Å²) in [5.41, 5.74) is 1.35. The second-order valence-corrected chi connectivity index (χ2v) is 7.28. The molecule has 3 aromatic rings. The second-order valence-electron chi connectivity index (χ2n) is 7.28. The zero-order valence-electron chi connectivity index (χ0n) is 17.0. The number of nitrogens with one attached hydrogen (secondary N) is 2. The summed E-state index contributed by atoms with van der Waals surface area (Å²) in [5.74, 6) is 1.43. The number of carbonyl (C=O) groups is 1. The quantitative estimate of drug-likeness (QED) is 0.607. The van der Waals surface area contributed by atoms with Gasteiger partial charge in [0.25, 0.3) is 5.91 Å². The number of rotatable bonds is 8. The lowest BCUT2D eigenvalue weighted by Crippen LogP contribution is -2.28. The Morgan fingerprint density at radius 1 is 1.14 bits per heavy atom. The zero-order valence-corrected chi connectivity index (χ0v) is 17.0. The van der Waals surface area contributed by atoms with Gasteiger partial charge in [-0.05, 0) is 42.2 Å². The largest absolute Gasteiger partial charge is 0.493 e. The normalized spacial score (nSPS) is 10.9. The Kier molecular flexibility index (Phi) is 6.54. The van der Waals surface area contributed by atoms with Crippen molar-refractivity contribution < 1.29 is 14.3 Å². The molecule has 0 atom stereocenters. The molecule has 0 aliphatic rings. The Hall–Kier alpha value is -3.28. The minimum absolute atomic E-state index is 0.0873. The third kappa shape index (κ3) is 4.96. The summed E-state index contributed by atoms with van der Waals surface area (Å²) in [4.78, 5) is 28.1. The first kappa shape index (κ1) is 20.5. The highest BCUT2D eigenvalue weighted by molar-refractivity contribution is 5.97. The number of pyridine rings is 1. The molecule has 0 unspecified atom stereocenters. The molecule has 0 aliphatic heterocycles. The van der Waals surface area contributed by atoms with E-state index < -0.39 is 5.91 Å². The van der Waals surface area contributed by atoms with Crippen molar-refractivity contribution in [3.05, 3.63) is 70.0 Å². The van der Waals surface area contributed by atoms with E-state index in [1.807, 2.05) is 24.3 Å². The molecule has 1 aromatic heterocycles. The van der Waals surface area contributed by atoms with Gasteiger partial charge in [0.05, 0.1) is 13.7 Å². The molecule has 0 aliphatic carbocycles. The van der Waals surface area contributed by atoms with Crippen molar-refractivity contribution in [2.24, 2.45) is 5.92 Å². The Bertz CT molecular complexity index is 1060. The first-order valence-electron chi connectivity index (χ1n) is 9.68. The molecule has 152 valence electrons. The van der Waals surface area contributed by atoms with E-state index in [0.717, 1.165) is 12.0 Å². The van der Waals surface area contributed by atoms with Crippen molar-refractivity contribution in [3.8, 4) is 11.5 Å². The van der Waals surface area contributed by atoms with E-state index in [4.69, 9.17) is 9.47 Å². The fraction of sp³-hybridized carbons (Fsp3) is 0.304. The Morgan fingerprint density at radius 2 is 1.93 bits per heavy atom. The number of H-pyrrole nitrogens is 1. The van der Waals surface area contributed by atoms with Crippen molar-refractivity contribution >= 4 is 16.8 Å². The number of ether oxygens (including phenoxy) is 2. The van der Waals surface area contributed by atoms with Gasteiger partial charge in [-0.2, -0.15) is 0 Å². The maximum absolute atomic E-state index is 12.6. The molecule has 0 radical (unpaired) electrons. The number of amides is 1. The number of benzene rings is 2. The van der Waals surface area contributed by atoms with Crippen LogP contribution in [0.3, 0.4) is 0 Å². The first-order chi connectivity index (χ1) is 14.0. The van der Waals surface area contributed by atoms with Crippen LogP contribution in [0.4, 0.5) is 0 Å². The number of fused-ring (bicyclic) bond motifs is 1. The van der Waals surface area contributed by atoms with E-state index >= 15 is 0 Å². The highest BCUT2D eigenvalue weighted by atomic mass is 16.5. The van der Waals surface area contributed by atoms with E-state index in [2.05, 4.69) is 24.1 Å². The predicted octanol–water partition coefficient (Wildman–Crippen LogP) is 3.89. The molecule has 2 N–H and O–H groups in total. The molecule has 0 bridgehead atoms. The number of hydrogen-bond acceptors (Lipinski definition) is 4. The molecule has 1 heterocycles. The summed E-state index contributed by atoms with van der Waals surface area (Å²) in [6.45, 7) is 5.18. The predicted molar refractivity (Wildman–Crippen MR) is 114 cm³/mol. The fourth-order valence-corrected chi connectivity index (χ4v) is 2.96. The molecule has 1 amide bonds. The van der Waals surface area contributed by atoms with Crippen LogP contribution in [0, 0.1) is 5.92 Å². The van der Waals surface area contributed by atoms with E-state index in [9.17, 15) is 9.59 Å². The van der Waals surface area contributed by atoms with Crippen LogP contribution in [-0.2, 0) is 6.54 Å². The minimum atomic E-state index is -0.423. The van der Waals surface area contributed by atoms with E-state index in [-0.39, 0.29) is 17.5 Å². The summed E-state index contributed by atoms with van der Waals surface area (Å²) in [6, 6.07) is 12.7. The average molecular weight is 394 g/mol. The number of para-hydroxylation sites is 1. The van der Waals surface area contributed by atoms with Gasteiger partial charge < -0.3 is 19.8 Å². The van der Waals surface area contributed by atoms with Gasteiger partial charge in [-0.3, -0.25) is 9.59 Å². The van der Waals surface area contributed by atoms with Crippen LogP contribution < -0.4 is 20.2 Å². The first-order valence-corrected chi connectivity index (χ1v) is 9.68. The molecule has 29 heavy (non-hydrogen) atoms. The number of methoxy groups -OCH3 is 1. The Labute approximate surface area is 169 Å². The molecule has 6 nitrogen and oxygen atoms in total. The fourth-order valence-electron chi connectivity index (χ4n) is 2.96. The molecule has 0 saturated heterocycles. The second kappa shape index (κ2) is 9.28. The SMILES string of the molecule is COc1cc(CNC(=O)c2c[nH]c3ccccc3c2=O)ccc1OCCC(C)C. The highest BCUT2D eigenvalue weighted by Crippen LogP contribution is 2.28. The van der Waals surface area contributed by atoms with Gasteiger partial charge in [-0.15, -0.1) is 0 Å². The molecular formula is C23H26N2O4. The van der Waals surface area contributed by atoms with Gasteiger partial charge >= 0.3 is 0 Å². The minimum Gasteiger partial charge on any atom is -0.493 e. The van der Waals surface area contributed by atoms with Gasteiger partial charge in [0.15, 0.2) is 11.5 Å². The molecule has 0 fully saturated rings. The highest BCUT2D eigenvalue weighted by Gasteiger charge is 2.13. The van der Waals surface area contributed by atoms with E-state index in [1.165, 1.54) is 6.20 Å². The smallest absolute Gasteiger partial charge is 0.257 e. The summed E-state index contributed by atoms with van der Waals surface area (Å²) in [5, 5.41) is 3.28. The van der Waals surface area contributed by atoms with Gasteiger partial charge in [0.1, 0.15) is 5.56 Å². The van der Waals surface area contributed by atoms with Crippen LogP contribution >= 0.6 is 0 Å². The van der Waals surface area contributed by atoms with Gasteiger partial charge in [-0.25, -0.2) is 0 Å². The Morgan fingerprint density at radius 3 is 2.69 bits per heavy atom. The van der Waals surface area contributed by atoms with Crippen LogP contribution in [0.15, 0.2) is 53.5 Å². The number of aromatic amines is 1. The van der Waals surface area contributed by atoms with Crippen LogP contribution in [0.2, 0.25) is 0 Å². The molecule has 6 heteroatoms. The summed E-state index contributed by atoms with van der Waals surface area (Å²) < 4.78 is 11.2. The van der Waals surface area contributed by atoms with Crippen molar-refractivity contribution in [3.63, 3.8) is 0 Å². The van der Waals surface area contributed by atoms with E-state index in [0.29, 0.717) is 34.9 Å². The lowest BCUT2D eigenvalue weighted by atomic mass is 10.1. The number of aromatic nitrogens is 1. The van der Waals surface area contributed by atoms with Crippen LogP contribution in [0.1, 0.15) is 36.2 Å². The van der Waals surface area contributed by atoms with Gasteiger partial charge in [0, 0.05) is 23.6 Å². The van der Waals surface area contributed by atoms with Crippen LogP contribution in [0.5, 0.6) is 11.5 Å². The molecular weight excluding hydrogens is 368 g/mol. The molecule has 3 rings (SSSR count). The summed E-state index contributed by atoms with van der Waals surface area (Å²) >= 11 is 0. The zero-order chi connectivity index (χ0) is 20.8. The monoisotopic (exact) mass is 394 g/mol. The standard InChI is InChI=1S/C23H26N2O4/c1-15(2)10-11-29-20-9-8-16(12-21(20)28-3)13-25-23(27)18-14-24-19-7-5-4-6-17(19)22(18)26/h4-9,12,14-15H,10-11,13H2,1-3H3,(H,24,26)(H,25,27). The third-order valence-electron chi connectivity index (χ3n) is 4.67.